The fourth-order valence-corrected chi connectivity index (χ4v) is 3.22. The number of para-hydroxylation sites is 1. The molecular weight excluding hydrogens is 300 g/mol. The molecule has 0 fully saturated rings. The second-order valence-corrected chi connectivity index (χ2v) is 6.15. The molecule has 1 aliphatic carbocycles. The highest BCUT2D eigenvalue weighted by Crippen LogP contribution is 2.27. The lowest BCUT2D eigenvalue weighted by molar-refractivity contribution is -0.114. The third kappa shape index (κ3) is 3.65. The van der Waals surface area contributed by atoms with Crippen molar-refractivity contribution in [2.75, 3.05) is 17.2 Å². The Bertz CT molecular complexity index is 768. The van der Waals surface area contributed by atoms with E-state index >= 15 is 0 Å². The summed E-state index contributed by atoms with van der Waals surface area (Å²) in [6.45, 7) is 1.68. The van der Waals surface area contributed by atoms with Crippen LogP contribution in [0.2, 0.25) is 0 Å². The van der Waals surface area contributed by atoms with E-state index in [-0.39, 0.29) is 18.2 Å². The number of nitrogens with one attached hydrogen (secondary N) is 2. The van der Waals surface area contributed by atoms with E-state index in [0.29, 0.717) is 11.3 Å². The van der Waals surface area contributed by atoms with Crippen LogP contribution in [-0.2, 0) is 17.6 Å². The molecule has 4 heteroatoms. The van der Waals surface area contributed by atoms with Gasteiger partial charge in [-0.05, 0) is 61.9 Å². The Balaban J connectivity index is 1.66. The first kappa shape index (κ1) is 16.2. The molecule has 24 heavy (non-hydrogen) atoms. The van der Waals surface area contributed by atoms with Crippen LogP contribution in [0.15, 0.2) is 42.5 Å². The van der Waals surface area contributed by atoms with Crippen molar-refractivity contribution in [2.45, 2.75) is 32.6 Å². The van der Waals surface area contributed by atoms with Crippen LogP contribution >= 0.6 is 0 Å². The van der Waals surface area contributed by atoms with Crippen molar-refractivity contribution in [3.63, 3.8) is 0 Å². The van der Waals surface area contributed by atoms with Gasteiger partial charge in [0.2, 0.25) is 5.91 Å². The molecule has 2 aromatic carbocycles. The van der Waals surface area contributed by atoms with E-state index in [1.165, 1.54) is 30.9 Å². The number of rotatable bonds is 5. The monoisotopic (exact) mass is 322 g/mol. The van der Waals surface area contributed by atoms with Gasteiger partial charge in [-0.2, -0.15) is 0 Å². The molecule has 0 heterocycles. The van der Waals surface area contributed by atoms with Gasteiger partial charge < -0.3 is 10.6 Å². The maximum atomic E-state index is 12.2. The first-order valence-electron chi connectivity index (χ1n) is 8.39. The fourth-order valence-electron chi connectivity index (χ4n) is 3.22. The standard InChI is InChI=1S/C20H22N2O2/c1-14(23)16-9-4-5-11-19(16)22-20(24)13-21-18-12-6-8-15-7-2-3-10-17(15)18/h4-6,8-9,11-12,21H,2-3,7,10,13H2,1H3,(H,22,24). The molecule has 3 rings (SSSR count). The predicted octanol–water partition coefficient (Wildman–Crippen LogP) is 3.82. The van der Waals surface area contributed by atoms with Gasteiger partial charge in [0.1, 0.15) is 0 Å². The van der Waals surface area contributed by atoms with Gasteiger partial charge in [0.05, 0.1) is 12.2 Å². The van der Waals surface area contributed by atoms with Gasteiger partial charge in [0, 0.05) is 11.3 Å². The summed E-state index contributed by atoms with van der Waals surface area (Å²) < 4.78 is 0. The average Bonchev–Trinajstić information content (AvgIpc) is 2.60. The van der Waals surface area contributed by atoms with Crippen LogP contribution in [0.1, 0.15) is 41.3 Å². The first-order valence-corrected chi connectivity index (χ1v) is 8.39. The number of hydrogen-bond donors (Lipinski definition) is 2. The minimum absolute atomic E-state index is 0.0593. The van der Waals surface area contributed by atoms with Crippen LogP contribution in [0.25, 0.3) is 0 Å². The van der Waals surface area contributed by atoms with Crippen LogP contribution in [0.5, 0.6) is 0 Å². The summed E-state index contributed by atoms with van der Waals surface area (Å²) in [6, 6.07) is 13.3. The van der Waals surface area contributed by atoms with E-state index in [2.05, 4.69) is 16.7 Å². The molecular formula is C20H22N2O2. The molecule has 0 bridgehead atoms. The van der Waals surface area contributed by atoms with Gasteiger partial charge in [0.25, 0.3) is 0 Å². The maximum absolute atomic E-state index is 12.2. The molecule has 2 N–H and O–H groups in total. The number of Topliss-reactive ketones (excluding diaryl/α,β-unsaturated/α-hetero) is 1. The Kier molecular flexibility index (Phi) is 4.94. The van der Waals surface area contributed by atoms with Crippen molar-refractivity contribution in [2.24, 2.45) is 0 Å². The van der Waals surface area contributed by atoms with Crippen molar-refractivity contribution < 1.29 is 9.59 Å². The lowest BCUT2D eigenvalue weighted by Gasteiger charge is -2.20. The molecule has 0 unspecified atom stereocenters. The average molecular weight is 322 g/mol. The SMILES string of the molecule is CC(=O)c1ccccc1NC(=O)CNc1cccc2c1CCCC2. The van der Waals surface area contributed by atoms with Gasteiger partial charge in [-0.25, -0.2) is 0 Å². The summed E-state index contributed by atoms with van der Waals surface area (Å²) in [5.41, 5.74) is 4.85. The number of carbonyl (C=O) groups is 2. The molecule has 0 spiro atoms. The highest BCUT2D eigenvalue weighted by atomic mass is 16.2. The zero-order chi connectivity index (χ0) is 16.9. The van der Waals surface area contributed by atoms with Crippen molar-refractivity contribution in [3.05, 3.63) is 59.2 Å². The van der Waals surface area contributed by atoms with Gasteiger partial charge in [-0.3, -0.25) is 9.59 Å². The highest BCUT2D eigenvalue weighted by Gasteiger charge is 2.14. The predicted molar refractivity (Wildman–Crippen MR) is 96.6 cm³/mol. The van der Waals surface area contributed by atoms with Gasteiger partial charge in [-0.1, -0.05) is 24.3 Å². The molecule has 2 aromatic rings. The number of hydrogen-bond acceptors (Lipinski definition) is 3. The van der Waals surface area contributed by atoms with Gasteiger partial charge >= 0.3 is 0 Å². The van der Waals surface area contributed by atoms with E-state index in [1.807, 2.05) is 18.2 Å². The molecule has 1 aliphatic rings. The van der Waals surface area contributed by atoms with Crippen molar-refractivity contribution in [1.29, 1.82) is 0 Å². The molecule has 0 radical (unpaired) electrons. The maximum Gasteiger partial charge on any atom is 0.243 e. The van der Waals surface area contributed by atoms with E-state index < -0.39 is 0 Å². The van der Waals surface area contributed by atoms with Crippen molar-refractivity contribution in [3.8, 4) is 0 Å². The molecule has 0 saturated heterocycles. The zero-order valence-electron chi connectivity index (χ0n) is 13.9. The van der Waals surface area contributed by atoms with E-state index in [4.69, 9.17) is 0 Å². The summed E-state index contributed by atoms with van der Waals surface area (Å²) >= 11 is 0. The number of amides is 1. The fraction of sp³-hybridized carbons (Fsp3) is 0.300. The summed E-state index contributed by atoms with van der Waals surface area (Å²) in [7, 11) is 0. The molecule has 0 aromatic heterocycles. The molecule has 0 atom stereocenters. The van der Waals surface area contributed by atoms with Crippen LogP contribution in [0, 0.1) is 0 Å². The minimum Gasteiger partial charge on any atom is -0.376 e. The second kappa shape index (κ2) is 7.30. The largest absolute Gasteiger partial charge is 0.376 e. The number of anilines is 2. The molecule has 1 amide bonds. The Labute approximate surface area is 142 Å². The highest BCUT2D eigenvalue weighted by molar-refractivity contribution is 6.04. The normalized spacial score (nSPS) is 13.0. The Morgan fingerprint density at radius 2 is 1.71 bits per heavy atom. The Hall–Kier alpha value is -2.62. The topological polar surface area (TPSA) is 58.2 Å². The third-order valence-corrected chi connectivity index (χ3v) is 4.42. The molecule has 0 aliphatic heterocycles. The zero-order valence-corrected chi connectivity index (χ0v) is 13.9. The van der Waals surface area contributed by atoms with Crippen LogP contribution in [0.3, 0.4) is 0 Å². The lowest BCUT2D eigenvalue weighted by Crippen LogP contribution is -2.23. The molecule has 124 valence electrons. The smallest absolute Gasteiger partial charge is 0.243 e. The number of fused-ring (bicyclic) bond motifs is 1. The number of aryl methyl sites for hydroxylation is 1. The number of carbonyl (C=O) groups excluding carboxylic acids is 2. The van der Waals surface area contributed by atoms with E-state index in [0.717, 1.165) is 18.5 Å². The number of benzene rings is 2. The first-order chi connectivity index (χ1) is 11.6. The van der Waals surface area contributed by atoms with Gasteiger partial charge in [0.15, 0.2) is 5.78 Å². The van der Waals surface area contributed by atoms with Crippen LogP contribution < -0.4 is 10.6 Å². The lowest BCUT2D eigenvalue weighted by atomic mass is 9.90. The van der Waals surface area contributed by atoms with Crippen LogP contribution in [0.4, 0.5) is 11.4 Å². The van der Waals surface area contributed by atoms with E-state index in [1.54, 1.807) is 18.2 Å². The summed E-state index contributed by atoms with van der Waals surface area (Å²) in [6.07, 6.45) is 4.61. The summed E-state index contributed by atoms with van der Waals surface area (Å²) in [5, 5.41) is 6.06. The Morgan fingerprint density at radius 3 is 2.54 bits per heavy atom. The molecule has 4 nitrogen and oxygen atoms in total. The van der Waals surface area contributed by atoms with Gasteiger partial charge in [-0.15, -0.1) is 0 Å². The molecule has 0 saturated carbocycles. The number of ketones is 1. The van der Waals surface area contributed by atoms with Crippen LogP contribution in [-0.4, -0.2) is 18.2 Å². The third-order valence-electron chi connectivity index (χ3n) is 4.42. The second-order valence-electron chi connectivity index (χ2n) is 6.15. The minimum atomic E-state index is -0.155. The van der Waals surface area contributed by atoms with E-state index in [9.17, 15) is 9.59 Å². The van der Waals surface area contributed by atoms with Crippen molar-refractivity contribution in [1.82, 2.24) is 0 Å². The quantitative estimate of drug-likeness (QED) is 0.823. The summed E-state index contributed by atoms with van der Waals surface area (Å²) in [5.74, 6) is -0.215. The Morgan fingerprint density at radius 1 is 0.958 bits per heavy atom. The summed E-state index contributed by atoms with van der Waals surface area (Å²) in [4.78, 5) is 23.9. The van der Waals surface area contributed by atoms with Crippen molar-refractivity contribution >= 4 is 23.1 Å².